The lowest BCUT2D eigenvalue weighted by atomic mass is 9.42. The van der Waals surface area contributed by atoms with Crippen LogP contribution in [-0.2, 0) is 19.1 Å². The minimum Gasteiger partial charge on any atom is -0.469 e. The molecule has 0 aliphatic heterocycles. The van der Waals surface area contributed by atoms with Crippen LogP contribution < -0.4 is 0 Å². The molecule has 0 aromatic rings. The van der Waals surface area contributed by atoms with E-state index in [0.29, 0.717) is 30.4 Å². The molecule has 38 heavy (non-hydrogen) atoms. The van der Waals surface area contributed by atoms with Crippen LogP contribution >= 0.6 is 0 Å². The summed E-state index contributed by atoms with van der Waals surface area (Å²) >= 11 is 0. The highest BCUT2D eigenvalue weighted by Crippen LogP contribution is 2.70. The van der Waals surface area contributed by atoms with Gasteiger partial charge in [0.1, 0.15) is 5.78 Å². The van der Waals surface area contributed by atoms with Crippen molar-refractivity contribution in [3.63, 3.8) is 0 Å². The zero-order valence-corrected chi connectivity index (χ0v) is 24.3. The number of fused-ring (bicyclic) bond motifs is 4. The summed E-state index contributed by atoms with van der Waals surface area (Å²) < 4.78 is 4.75. The Labute approximate surface area is 226 Å². The molecule has 0 radical (unpaired) electrons. The number of ketones is 2. The van der Waals surface area contributed by atoms with Gasteiger partial charge in [-0.2, -0.15) is 0 Å². The molecule has 7 nitrogen and oxygen atoms in total. The molecule has 1 saturated carbocycles. The van der Waals surface area contributed by atoms with Crippen molar-refractivity contribution in [1.29, 1.82) is 0 Å². The summed E-state index contributed by atoms with van der Waals surface area (Å²) in [7, 11) is 1.31. The van der Waals surface area contributed by atoms with Crippen LogP contribution in [0.2, 0.25) is 0 Å². The normalized spacial score (nSPS) is 41.4. The molecule has 4 rings (SSSR count). The lowest BCUT2D eigenvalue weighted by Crippen LogP contribution is -2.61. The predicted octanol–water partition coefficient (Wildman–Crippen LogP) is 3.93. The zero-order chi connectivity index (χ0) is 28.6. The van der Waals surface area contributed by atoms with Gasteiger partial charge >= 0.3 is 5.97 Å². The van der Waals surface area contributed by atoms with Gasteiger partial charge in [-0.05, 0) is 47.5 Å². The monoisotopic (exact) mass is 530 g/mol. The van der Waals surface area contributed by atoms with E-state index in [1.807, 2.05) is 34.6 Å². The van der Waals surface area contributed by atoms with E-state index in [1.165, 1.54) is 7.11 Å². The number of ether oxygens (including phenoxy) is 1. The number of rotatable bonds is 6. The van der Waals surface area contributed by atoms with Crippen molar-refractivity contribution >= 4 is 17.5 Å². The van der Waals surface area contributed by atoms with Crippen molar-refractivity contribution in [3.05, 3.63) is 22.8 Å². The Kier molecular flexibility index (Phi) is 7.20. The van der Waals surface area contributed by atoms with Crippen LogP contribution in [-0.4, -0.2) is 58.3 Å². The van der Waals surface area contributed by atoms with E-state index in [9.17, 15) is 29.7 Å². The first-order chi connectivity index (χ1) is 17.5. The SMILES string of the molecule is COC(=O)C(C)CC(=O)CC(C)C1=CC(O)C2(C)C3=C(C(=O)CC12C)C1(C)CCC(O)C(C)(C)C1CC3O. The third-order valence-electron chi connectivity index (χ3n) is 11.4. The summed E-state index contributed by atoms with van der Waals surface area (Å²) in [4.78, 5) is 38.8. The molecular weight excluding hydrogens is 484 g/mol. The van der Waals surface area contributed by atoms with Crippen LogP contribution in [0, 0.1) is 39.4 Å². The van der Waals surface area contributed by atoms with Gasteiger partial charge in [-0.25, -0.2) is 0 Å². The third-order valence-corrected chi connectivity index (χ3v) is 11.4. The second-order valence-corrected chi connectivity index (χ2v) is 13.9. The number of allylic oxidation sites excluding steroid dienone is 2. The van der Waals surface area contributed by atoms with Crippen LogP contribution in [0.4, 0.5) is 0 Å². The van der Waals surface area contributed by atoms with E-state index in [-0.39, 0.29) is 42.7 Å². The number of hydrogen-bond acceptors (Lipinski definition) is 7. The first-order valence-electron chi connectivity index (χ1n) is 14.1. The fourth-order valence-corrected chi connectivity index (χ4v) is 8.96. The molecule has 9 atom stereocenters. The fourth-order valence-electron chi connectivity index (χ4n) is 8.96. The van der Waals surface area contributed by atoms with Gasteiger partial charge in [-0.3, -0.25) is 14.4 Å². The summed E-state index contributed by atoms with van der Waals surface area (Å²) in [6, 6.07) is 0. The molecule has 0 spiro atoms. The number of carbonyl (C=O) groups excluding carboxylic acids is 3. The molecule has 4 aliphatic rings. The predicted molar refractivity (Wildman–Crippen MR) is 143 cm³/mol. The van der Waals surface area contributed by atoms with E-state index in [4.69, 9.17) is 4.74 Å². The third kappa shape index (κ3) is 3.90. The fraction of sp³-hybridized carbons (Fsp3) is 0.774. The maximum Gasteiger partial charge on any atom is 0.308 e. The smallest absolute Gasteiger partial charge is 0.308 e. The lowest BCUT2D eigenvalue weighted by Gasteiger charge is -2.62. The highest BCUT2D eigenvalue weighted by atomic mass is 16.5. The number of Topliss-reactive ketones (excluding diaryl/α,β-unsaturated/α-hetero) is 2. The summed E-state index contributed by atoms with van der Waals surface area (Å²) in [5.41, 5.74) is -0.427. The average Bonchev–Trinajstić information content (AvgIpc) is 3.03. The highest BCUT2D eigenvalue weighted by molar-refractivity contribution is 6.00. The molecule has 0 amide bonds. The Bertz CT molecular complexity index is 1100. The summed E-state index contributed by atoms with van der Waals surface area (Å²) in [5.74, 6) is -1.33. The first-order valence-corrected chi connectivity index (χ1v) is 14.1. The van der Waals surface area contributed by atoms with Crippen LogP contribution in [0.25, 0.3) is 0 Å². The number of hydrogen-bond donors (Lipinski definition) is 3. The molecule has 3 N–H and O–H groups in total. The molecule has 212 valence electrons. The van der Waals surface area contributed by atoms with E-state index in [2.05, 4.69) is 6.92 Å². The Hall–Kier alpha value is -1.83. The van der Waals surface area contributed by atoms with Gasteiger partial charge in [0.15, 0.2) is 5.78 Å². The molecule has 7 heteroatoms. The number of methoxy groups -OCH3 is 1. The Morgan fingerprint density at radius 3 is 2.32 bits per heavy atom. The maximum atomic E-state index is 14.1. The highest BCUT2D eigenvalue weighted by Gasteiger charge is 2.68. The topological polar surface area (TPSA) is 121 Å². The van der Waals surface area contributed by atoms with E-state index >= 15 is 0 Å². The Balaban J connectivity index is 1.72. The summed E-state index contributed by atoms with van der Waals surface area (Å²) in [6.07, 6.45) is 1.64. The molecule has 0 saturated heterocycles. The second-order valence-electron chi connectivity index (χ2n) is 13.9. The van der Waals surface area contributed by atoms with Crippen LogP contribution in [0.15, 0.2) is 22.8 Å². The zero-order valence-electron chi connectivity index (χ0n) is 24.3. The number of carbonyl (C=O) groups is 3. The van der Waals surface area contributed by atoms with E-state index in [1.54, 1.807) is 13.0 Å². The molecule has 4 aliphatic carbocycles. The molecule has 1 fully saturated rings. The second kappa shape index (κ2) is 9.38. The van der Waals surface area contributed by atoms with Crippen molar-refractivity contribution in [2.75, 3.05) is 7.11 Å². The molecule has 0 aromatic heterocycles. The molecule has 0 aromatic carbocycles. The Morgan fingerprint density at radius 2 is 1.71 bits per heavy atom. The van der Waals surface area contributed by atoms with Gasteiger partial charge in [0, 0.05) is 35.7 Å². The first kappa shape index (κ1) is 29.2. The lowest BCUT2D eigenvalue weighted by molar-refractivity contribution is -0.146. The van der Waals surface area contributed by atoms with E-state index < -0.39 is 51.9 Å². The van der Waals surface area contributed by atoms with Gasteiger partial charge in [0.2, 0.25) is 0 Å². The van der Waals surface area contributed by atoms with Crippen molar-refractivity contribution in [1.82, 2.24) is 0 Å². The standard InChI is InChI=1S/C31H46O7/c1-16(11-18(32)12-17(2)27(37)38-8)19-13-24(36)31(7)26-20(33)14-22-28(3,4)23(35)9-10-29(22,5)25(26)21(34)15-30(19,31)6/h13,16-17,20,22-24,33,35-36H,9-12,14-15H2,1-8H3. The minimum absolute atomic E-state index is 0.00347. The molecule has 9 unspecified atom stereocenters. The number of aliphatic hydroxyl groups excluding tert-OH is 3. The van der Waals surface area contributed by atoms with Crippen molar-refractivity contribution in [3.8, 4) is 0 Å². The average molecular weight is 531 g/mol. The van der Waals surface area contributed by atoms with Gasteiger partial charge < -0.3 is 20.1 Å². The van der Waals surface area contributed by atoms with Crippen molar-refractivity contribution < 1.29 is 34.4 Å². The van der Waals surface area contributed by atoms with Gasteiger partial charge in [-0.15, -0.1) is 0 Å². The number of aliphatic hydroxyl groups is 3. The largest absolute Gasteiger partial charge is 0.469 e. The van der Waals surface area contributed by atoms with Crippen LogP contribution in [0.3, 0.4) is 0 Å². The molecule has 0 bridgehead atoms. The van der Waals surface area contributed by atoms with Crippen molar-refractivity contribution in [2.24, 2.45) is 39.4 Å². The van der Waals surface area contributed by atoms with E-state index in [0.717, 1.165) is 5.57 Å². The van der Waals surface area contributed by atoms with Gasteiger partial charge in [-0.1, -0.05) is 60.1 Å². The number of esters is 1. The molecule has 0 heterocycles. The minimum atomic E-state index is -0.913. The van der Waals surface area contributed by atoms with Gasteiger partial charge in [0.05, 0.1) is 31.3 Å². The maximum absolute atomic E-state index is 14.1. The van der Waals surface area contributed by atoms with Crippen molar-refractivity contribution in [2.45, 2.75) is 105 Å². The summed E-state index contributed by atoms with van der Waals surface area (Å²) in [5, 5.41) is 34.1. The van der Waals surface area contributed by atoms with Crippen LogP contribution in [0.1, 0.15) is 87.0 Å². The van der Waals surface area contributed by atoms with Crippen LogP contribution in [0.5, 0.6) is 0 Å². The van der Waals surface area contributed by atoms with Gasteiger partial charge in [0.25, 0.3) is 0 Å². The molecular formula is C31H46O7. The summed E-state index contributed by atoms with van der Waals surface area (Å²) in [6.45, 7) is 13.7. The quantitative estimate of drug-likeness (QED) is 0.351. The Morgan fingerprint density at radius 1 is 1.08 bits per heavy atom.